The molecule has 2 aliphatic heterocycles. The first-order valence-corrected chi connectivity index (χ1v) is 11.1. The van der Waals surface area contributed by atoms with Crippen LogP contribution in [0.4, 0.5) is 5.82 Å². The summed E-state index contributed by atoms with van der Waals surface area (Å²) in [6.07, 6.45) is 5.30. The van der Waals surface area contributed by atoms with Crippen molar-refractivity contribution in [1.29, 1.82) is 0 Å². The van der Waals surface area contributed by atoms with Crippen molar-refractivity contribution in [2.45, 2.75) is 31.9 Å². The molecule has 176 valence electrons. The van der Waals surface area contributed by atoms with Gasteiger partial charge in [0.15, 0.2) is 5.96 Å². The van der Waals surface area contributed by atoms with E-state index in [4.69, 9.17) is 9.47 Å². The lowest BCUT2D eigenvalue weighted by molar-refractivity contribution is 0.00989. The van der Waals surface area contributed by atoms with Crippen molar-refractivity contribution in [3.05, 3.63) is 23.9 Å². The predicted molar refractivity (Wildman–Crippen MR) is 137 cm³/mol. The van der Waals surface area contributed by atoms with Crippen LogP contribution in [0.5, 0.6) is 0 Å². The number of nitrogens with zero attached hydrogens (tertiary/aromatic N) is 5. The van der Waals surface area contributed by atoms with E-state index >= 15 is 0 Å². The van der Waals surface area contributed by atoms with Gasteiger partial charge in [0, 0.05) is 79.4 Å². The summed E-state index contributed by atoms with van der Waals surface area (Å²) in [5, 5.41) is 3.53. The maximum atomic E-state index is 5.97. The average molecular weight is 546 g/mol. The number of anilines is 1. The smallest absolute Gasteiger partial charge is 0.193 e. The molecule has 1 aromatic rings. The van der Waals surface area contributed by atoms with Crippen molar-refractivity contribution < 1.29 is 9.47 Å². The highest BCUT2D eigenvalue weighted by Gasteiger charge is 2.22. The molecule has 1 N–H and O–H groups in total. The Hall–Kier alpha value is -1.17. The molecule has 1 aromatic heterocycles. The second kappa shape index (κ2) is 14.1. The number of piperidine rings is 1. The molecule has 2 aliphatic rings. The number of nitrogens with one attached hydrogen (secondary N) is 1. The van der Waals surface area contributed by atoms with Crippen LogP contribution in [0.2, 0.25) is 0 Å². The van der Waals surface area contributed by atoms with E-state index in [1.807, 2.05) is 13.2 Å². The molecular formula is C22H39IN6O2. The number of hydrogen-bond donors (Lipinski definition) is 1. The molecule has 0 atom stereocenters. The molecule has 9 heteroatoms. The van der Waals surface area contributed by atoms with E-state index < -0.39 is 0 Å². The Balaban J connectivity index is 0.00000341. The van der Waals surface area contributed by atoms with E-state index in [0.717, 1.165) is 90.1 Å². The minimum Gasteiger partial charge on any atom is -0.385 e. The van der Waals surface area contributed by atoms with Crippen LogP contribution in [-0.2, 0) is 16.0 Å². The molecule has 0 spiro atoms. The number of rotatable bonds is 8. The van der Waals surface area contributed by atoms with Crippen LogP contribution in [0, 0.1) is 0 Å². The van der Waals surface area contributed by atoms with Gasteiger partial charge in [-0.05, 0) is 44.0 Å². The molecule has 0 unspecified atom stereocenters. The number of halogens is 1. The van der Waals surface area contributed by atoms with Crippen LogP contribution < -0.4 is 10.2 Å². The summed E-state index contributed by atoms with van der Waals surface area (Å²) in [6, 6.07) is 4.28. The Kier molecular flexibility index (Phi) is 11.8. The lowest BCUT2D eigenvalue weighted by atomic mass is 10.1. The fourth-order valence-electron chi connectivity index (χ4n) is 3.98. The fourth-order valence-corrected chi connectivity index (χ4v) is 3.98. The normalized spacial score (nSPS) is 18.7. The van der Waals surface area contributed by atoms with E-state index in [1.54, 1.807) is 7.11 Å². The molecule has 2 fully saturated rings. The van der Waals surface area contributed by atoms with Gasteiger partial charge in [-0.2, -0.15) is 0 Å². The van der Waals surface area contributed by atoms with Gasteiger partial charge in [-0.15, -0.1) is 24.0 Å². The second-order valence-electron chi connectivity index (χ2n) is 8.12. The summed E-state index contributed by atoms with van der Waals surface area (Å²) in [6.45, 7) is 8.48. The largest absolute Gasteiger partial charge is 0.385 e. The van der Waals surface area contributed by atoms with E-state index in [9.17, 15) is 0 Å². The second-order valence-corrected chi connectivity index (χ2v) is 8.12. The van der Waals surface area contributed by atoms with Gasteiger partial charge >= 0.3 is 0 Å². The maximum Gasteiger partial charge on any atom is 0.193 e. The zero-order chi connectivity index (χ0) is 21.2. The third-order valence-corrected chi connectivity index (χ3v) is 5.89. The fraction of sp³-hybridized carbons (Fsp3) is 0.727. The quantitative estimate of drug-likeness (QED) is 0.232. The predicted octanol–water partition coefficient (Wildman–Crippen LogP) is 2.04. The molecule has 0 amide bonds. The van der Waals surface area contributed by atoms with Crippen LogP contribution in [0.15, 0.2) is 23.3 Å². The van der Waals surface area contributed by atoms with E-state index in [2.05, 4.69) is 49.2 Å². The van der Waals surface area contributed by atoms with Crippen molar-refractivity contribution in [2.75, 3.05) is 78.6 Å². The number of hydrogen-bond acceptors (Lipinski definition) is 6. The van der Waals surface area contributed by atoms with Crippen LogP contribution >= 0.6 is 24.0 Å². The Labute approximate surface area is 204 Å². The molecule has 0 aliphatic carbocycles. The molecule has 0 saturated carbocycles. The van der Waals surface area contributed by atoms with E-state index in [-0.39, 0.29) is 24.0 Å². The van der Waals surface area contributed by atoms with Crippen molar-refractivity contribution in [1.82, 2.24) is 20.1 Å². The van der Waals surface area contributed by atoms with Crippen LogP contribution in [0.3, 0.4) is 0 Å². The molecule has 31 heavy (non-hydrogen) atoms. The summed E-state index contributed by atoms with van der Waals surface area (Å²) in [5.74, 6) is 2.04. The van der Waals surface area contributed by atoms with Gasteiger partial charge in [0.05, 0.1) is 6.10 Å². The van der Waals surface area contributed by atoms with Gasteiger partial charge < -0.3 is 29.5 Å². The van der Waals surface area contributed by atoms with Gasteiger partial charge in [-0.3, -0.25) is 4.99 Å². The summed E-state index contributed by atoms with van der Waals surface area (Å²) in [5.41, 5.74) is 1.23. The highest BCUT2D eigenvalue weighted by molar-refractivity contribution is 14.0. The van der Waals surface area contributed by atoms with Gasteiger partial charge in [0.1, 0.15) is 5.82 Å². The molecule has 3 heterocycles. The zero-order valence-corrected chi connectivity index (χ0v) is 21.6. The van der Waals surface area contributed by atoms with Crippen molar-refractivity contribution in [2.24, 2.45) is 4.99 Å². The number of aliphatic imine (C=N–C) groups is 1. The molecule has 3 rings (SSSR count). The average Bonchev–Trinajstić information content (AvgIpc) is 2.79. The topological polar surface area (TPSA) is 65.5 Å². The van der Waals surface area contributed by atoms with Gasteiger partial charge in [-0.25, -0.2) is 4.98 Å². The molecular weight excluding hydrogens is 507 g/mol. The maximum absolute atomic E-state index is 5.97. The van der Waals surface area contributed by atoms with E-state index in [0.29, 0.717) is 6.10 Å². The number of guanidine groups is 1. The number of likely N-dealkylation sites (tertiary alicyclic amines) is 1. The number of aromatic nitrogens is 1. The number of likely N-dealkylation sites (N-methyl/N-ethyl adjacent to an activating group) is 1. The summed E-state index contributed by atoms with van der Waals surface area (Å²) in [7, 11) is 5.77. The highest BCUT2D eigenvalue weighted by atomic mass is 127. The number of methoxy groups -OCH3 is 1. The number of piperazine rings is 1. The van der Waals surface area contributed by atoms with E-state index in [1.165, 1.54) is 5.56 Å². The number of ether oxygens (including phenoxy) is 2. The first kappa shape index (κ1) is 26.1. The molecule has 0 radical (unpaired) electrons. The van der Waals surface area contributed by atoms with Crippen molar-refractivity contribution >= 4 is 35.8 Å². The zero-order valence-electron chi connectivity index (χ0n) is 19.3. The van der Waals surface area contributed by atoms with Crippen LogP contribution in [0.1, 0.15) is 24.8 Å². The third kappa shape index (κ3) is 8.36. The monoisotopic (exact) mass is 546 g/mol. The standard InChI is InChI=1S/C22H38N6O2.HI/c1-23-22(28-9-6-20(7-10-28)30-16-4-15-29-3)25-18-19-5-8-24-21(17-19)27-13-11-26(2)12-14-27;/h5,8,17,20H,4,6-7,9-16,18H2,1-3H3,(H,23,25);1H. The highest BCUT2D eigenvalue weighted by Crippen LogP contribution is 2.16. The first-order valence-electron chi connectivity index (χ1n) is 11.1. The SMILES string of the molecule is CN=C(NCc1ccnc(N2CCN(C)CC2)c1)N1CCC(OCCCOC)CC1.I. The first-order chi connectivity index (χ1) is 14.7. The van der Waals surface area contributed by atoms with Crippen molar-refractivity contribution in [3.63, 3.8) is 0 Å². The van der Waals surface area contributed by atoms with Gasteiger partial charge in [0.2, 0.25) is 0 Å². The van der Waals surface area contributed by atoms with Crippen molar-refractivity contribution in [3.8, 4) is 0 Å². The minimum atomic E-state index is 0. The minimum absolute atomic E-state index is 0. The Bertz CT molecular complexity index is 661. The van der Waals surface area contributed by atoms with Crippen LogP contribution in [-0.4, -0.2) is 101 Å². The van der Waals surface area contributed by atoms with Gasteiger partial charge in [-0.1, -0.05) is 0 Å². The molecule has 8 nitrogen and oxygen atoms in total. The summed E-state index contributed by atoms with van der Waals surface area (Å²) >= 11 is 0. The summed E-state index contributed by atoms with van der Waals surface area (Å²) < 4.78 is 11.1. The van der Waals surface area contributed by atoms with Crippen LogP contribution in [0.25, 0.3) is 0 Å². The lowest BCUT2D eigenvalue weighted by Gasteiger charge is -2.34. The summed E-state index contributed by atoms with van der Waals surface area (Å²) in [4.78, 5) is 16.2. The Morgan fingerprint density at radius 3 is 2.58 bits per heavy atom. The van der Waals surface area contributed by atoms with Gasteiger partial charge in [0.25, 0.3) is 0 Å². The Morgan fingerprint density at radius 1 is 1.16 bits per heavy atom. The molecule has 2 saturated heterocycles. The molecule has 0 aromatic carbocycles. The number of pyridine rings is 1. The Morgan fingerprint density at radius 2 is 1.90 bits per heavy atom. The third-order valence-electron chi connectivity index (χ3n) is 5.89. The lowest BCUT2D eigenvalue weighted by Crippen LogP contribution is -2.46. The molecule has 0 bridgehead atoms.